The van der Waals surface area contributed by atoms with E-state index in [0.29, 0.717) is 6.54 Å². The summed E-state index contributed by atoms with van der Waals surface area (Å²) in [7, 11) is 0. The number of nitrogens with zero attached hydrogens (tertiary/aromatic N) is 6. The van der Waals surface area contributed by atoms with Crippen molar-refractivity contribution >= 4 is 17.3 Å². The van der Waals surface area contributed by atoms with Crippen molar-refractivity contribution < 1.29 is 13.2 Å². The van der Waals surface area contributed by atoms with Crippen LogP contribution in [-0.4, -0.2) is 43.7 Å². The summed E-state index contributed by atoms with van der Waals surface area (Å²) in [5.74, 6) is 0.793. The lowest BCUT2D eigenvalue weighted by molar-refractivity contribution is -0.141. The second-order valence-corrected chi connectivity index (χ2v) is 8.20. The molecule has 4 heterocycles. The Labute approximate surface area is 166 Å². The van der Waals surface area contributed by atoms with E-state index >= 15 is 0 Å². The van der Waals surface area contributed by atoms with Crippen molar-refractivity contribution in [2.45, 2.75) is 44.8 Å². The van der Waals surface area contributed by atoms with Crippen LogP contribution in [0.2, 0.25) is 0 Å². The standard InChI is InChI=1S/C19H22F3N7/c1-18(2,3)15-10-13-16(23-7-9-29(13)27-15)28-8-5-12(11-28)25-17-24-6-4-14(26-17)19(20,21)22/h4,6-7,9-10,12H,5,8,11H2,1-3H3,(H,24,25,26). The van der Waals surface area contributed by atoms with E-state index in [0.717, 1.165) is 42.3 Å². The van der Waals surface area contributed by atoms with Crippen LogP contribution in [0.25, 0.3) is 5.52 Å². The number of aromatic nitrogens is 5. The smallest absolute Gasteiger partial charge is 0.353 e. The Bertz CT molecular complexity index is 1020. The number of rotatable bonds is 3. The summed E-state index contributed by atoms with van der Waals surface area (Å²) in [6, 6.07) is 2.83. The second kappa shape index (κ2) is 6.85. The van der Waals surface area contributed by atoms with E-state index in [2.05, 4.69) is 51.0 Å². The molecule has 0 spiro atoms. The van der Waals surface area contributed by atoms with Gasteiger partial charge in [0.15, 0.2) is 5.82 Å². The lowest BCUT2D eigenvalue weighted by atomic mass is 9.92. The fraction of sp³-hybridized carbons (Fsp3) is 0.474. The Balaban J connectivity index is 1.53. The molecule has 0 amide bonds. The van der Waals surface area contributed by atoms with E-state index in [9.17, 15) is 13.2 Å². The number of halogens is 3. The van der Waals surface area contributed by atoms with Crippen LogP contribution in [0.5, 0.6) is 0 Å². The van der Waals surface area contributed by atoms with E-state index < -0.39 is 11.9 Å². The molecule has 29 heavy (non-hydrogen) atoms. The molecule has 0 aromatic carbocycles. The normalized spacial score (nSPS) is 17.9. The molecule has 1 aliphatic heterocycles. The van der Waals surface area contributed by atoms with Crippen molar-refractivity contribution in [3.8, 4) is 0 Å². The first-order valence-electron chi connectivity index (χ1n) is 9.38. The molecule has 4 rings (SSSR count). The first-order valence-corrected chi connectivity index (χ1v) is 9.38. The molecule has 1 N–H and O–H groups in total. The highest BCUT2D eigenvalue weighted by Gasteiger charge is 2.33. The molecule has 7 nitrogen and oxygen atoms in total. The zero-order chi connectivity index (χ0) is 20.8. The number of alkyl halides is 3. The van der Waals surface area contributed by atoms with Gasteiger partial charge in [-0.05, 0) is 18.6 Å². The summed E-state index contributed by atoms with van der Waals surface area (Å²) >= 11 is 0. The molecular formula is C19H22F3N7. The van der Waals surface area contributed by atoms with E-state index in [1.807, 2.05) is 16.8 Å². The predicted molar refractivity (Wildman–Crippen MR) is 103 cm³/mol. The first kappa shape index (κ1) is 19.4. The third-order valence-corrected chi connectivity index (χ3v) is 4.90. The molecule has 1 unspecified atom stereocenters. The van der Waals surface area contributed by atoms with Gasteiger partial charge in [-0.2, -0.15) is 18.3 Å². The average molecular weight is 405 g/mol. The van der Waals surface area contributed by atoms with Gasteiger partial charge in [0.05, 0.1) is 5.69 Å². The Morgan fingerprint density at radius 2 is 1.90 bits per heavy atom. The highest BCUT2D eigenvalue weighted by atomic mass is 19.4. The number of anilines is 2. The maximum absolute atomic E-state index is 12.9. The summed E-state index contributed by atoms with van der Waals surface area (Å²) in [4.78, 5) is 14.1. The molecule has 1 saturated heterocycles. The van der Waals surface area contributed by atoms with Crippen LogP contribution < -0.4 is 10.2 Å². The topological polar surface area (TPSA) is 71.2 Å². The lowest BCUT2D eigenvalue weighted by Crippen LogP contribution is -2.28. The highest BCUT2D eigenvalue weighted by Crippen LogP contribution is 2.30. The maximum atomic E-state index is 12.9. The minimum absolute atomic E-state index is 0.0165. The Morgan fingerprint density at radius 3 is 2.62 bits per heavy atom. The SMILES string of the molecule is CC(C)(C)c1cc2c(N3CCC(Nc4nccc(C(F)(F)F)n4)C3)nccn2n1. The van der Waals surface area contributed by atoms with Crippen molar-refractivity contribution in [3.05, 3.63) is 42.1 Å². The summed E-state index contributed by atoms with van der Waals surface area (Å²) in [6.45, 7) is 7.62. The van der Waals surface area contributed by atoms with Gasteiger partial charge in [-0.25, -0.2) is 19.5 Å². The van der Waals surface area contributed by atoms with Crippen LogP contribution in [-0.2, 0) is 11.6 Å². The van der Waals surface area contributed by atoms with E-state index in [4.69, 9.17) is 0 Å². The van der Waals surface area contributed by atoms with Gasteiger partial charge < -0.3 is 10.2 Å². The summed E-state index contributed by atoms with van der Waals surface area (Å²) < 4.78 is 40.4. The molecule has 0 aliphatic carbocycles. The van der Waals surface area contributed by atoms with Gasteiger partial charge in [-0.15, -0.1) is 0 Å². The van der Waals surface area contributed by atoms with Crippen molar-refractivity contribution in [2.24, 2.45) is 0 Å². The molecule has 0 bridgehead atoms. The van der Waals surface area contributed by atoms with E-state index in [1.165, 1.54) is 0 Å². The van der Waals surface area contributed by atoms with Crippen LogP contribution in [0.1, 0.15) is 38.6 Å². The molecule has 10 heteroatoms. The zero-order valence-electron chi connectivity index (χ0n) is 16.4. The van der Waals surface area contributed by atoms with Crippen LogP contribution in [0.15, 0.2) is 30.7 Å². The third kappa shape index (κ3) is 3.96. The molecule has 1 aliphatic rings. The third-order valence-electron chi connectivity index (χ3n) is 4.90. The van der Waals surface area contributed by atoms with Gasteiger partial charge in [-0.3, -0.25) is 0 Å². The molecule has 1 fully saturated rings. The molecule has 154 valence electrons. The van der Waals surface area contributed by atoms with Gasteiger partial charge in [0.25, 0.3) is 0 Å². The number of nitrogens with one attached hydrogen (secondary N) is 1. The van der Waals surface area contributed by atoms with Crippen LogP contribution in [0, 0.1) is 0 Å². The Kier molecular flexibility index (Phi) is 4.59. The first-order chi connectivity index (χ1) is 13.6. The van der Waals surface area contributed by atoms with Crippen molar-refractivity contribution in [1.82, 2.24) is 24.6 Å². The van der Waals surface area contributed by atoms with Gasteiger partial charge in [-0.1, -0.05) is 20.8 Å². The largest absolute Gasteiger partial charge is 0.433 e. The highest BCUT2D eigenvalue weighted by molar-refractivity contribution is 5.70. The molecule has 0 saturated carbocycles. The molecule has 1 atom stereocenters. The van der Waals surface area contributed by atoms with Crippen molar-refractivity contribution in [3.63, 3.8) is 0 Å². The second-order valence-electron chi connectivity index (χ2n) is 8.20. The minimum atomic E-state index is -4.49. The zero-order valence-corrected chi connectivity index (χ0v) is 16.4. The van der Waals surface area contributed by atoms with E-state index in [1.54, 1.807) is 6.20 Å². The summed E-state index contributed by atoms with van der Waals surface area (Å²) in [5, 5.41) is 7.66. The van der Waals surface area contributed by atoms with Gasteiger partial charge >= 0.3 is 6.18 Å². The molecule has 3 aromatic rings. The van der Waals surface area contributed by atoms with E-state index in [-0.39, 0.29) is 17.4 Å². The van der Waals surface area contributed by atoms with Gasteiger partial charge in [0.2, 0.25) is 5.95 Å². The van der Waals surface area contributed by atoms with Crippen molar-refractivity contribution in [2.75, 3.05) is 23.3 Å². The lowest BCUT2D eigenvalue weighted by Gasteiger charge is -2.19. The fourth-order valence-corrected chi connectivity index (χ4v) is 3.36. The fourth-order valence-electron chi connectivity index (χ4n) is 3.36. The summed E-state index contributed by atoms with van der Waals surface area (Å²) in [5.41, 5.74) is 0.843. The van der Waals surface area contributed by atoms with Gasteiger partial charge in [0, 0.05) is 43.1 Å². The van der Waals surface area contributed by atoms with Crippen LogP contribution >= 0.6 is 0 Å². The monoisotopic (exact) mass is 405 g/mol. The summed E-state index contributed by atoms with van der Waals surface area (Å²) in [6.07, 6.45) is 0.887. The minimum Gasteiger partial charge on any atom is -0.353 e. The predicted octanol–water partition coefficient (Wildman–Crippen LogP) is 3.53. The number of hydrogen-bond donors (Lipinski definition) is 1. The quantitative estimate of drug-likeness (QED) is 0.719. The number of fused-ring (bicyclic) bond motifs is 1. The molecular weight excluding hydrogens is 383 g/mol. The molecule has 3 aromatic heterocycles. The van der Waals surface area contributed by atoms with Crippen molar-refractivity contribution in [1.29, 1.82) is 0 Å². The van der Waals surface area contributed by atoms with Crippen LogP contribution in [0.3, 0.4) is 0 Å². The Morgan fingerprint density at radius 1 is 1.10 bits per heavy atom. The average Bonchev–Trinajstić information content (AvgIpc) is 3.27. The van der Waals surface area contributed by atoms with Crippen LogP contribution in [0.4, 0.5) is 24.9 Å². The Hall–Kier alpha value is -2.91. The van der Waals surface area contributed by atoms with Gasteiger partial charge in [0.1, 0.15) is 11.2 Å². The maximum Gasteiger partial charge on any atom is 0.433 e. The number of hydrogen-bond acceptors (Lipinski definition) is 6. The molecule has 0 radical (unpaired) electrons.